The zero-order chi connectivity index (χ0) is 14.7. The van der Waals surface area contributed by atoms with Crippen molar-refractivity contribution in [3.8, 4) is 0 Å². The van der Waals surface area contributed by atoms with Gasteiger partial charge in [0.25, 0.3) is 5.69 Å². The Kier molecular flexibility index (Phi) is 3.98. The predicted octanol–water partition coefficient (Wildman–Crippen LogP) is 3.96. The molecule has 0 unspecified atom stereocenters. The summed E-state index contributed by atoms with van der Waals surface area (Å²) in [5, 5.41) is 13.6. The summed E-state index contributed by atoms with van der Waals surface area (Å²) in [4.78, 5) is 10.2. The molecular weight excluding hydrogens is 259 g/mol. The highest BCUT2D eigenvalue weighted by molar-refractivity contribution is 5.53. The van der Waals surface area contributed by atoms with Crippen LogP contribution in [0.2, 0.25) is 0 Å². The molecule has 0 spiro atoms. The summed E-state index contributed by atoms with van der Waals surface area (Å²) in [6.45, 7) is 4.39. The summed E-state index contributed by atoms with van der Waals surface area (Å²) in [5.41, 5.74) is 3.28. The Labute approximate surface area is 116 Å². The van der Waals surface area contributed by atoms with Crippen molar-refractivity contribution in [2.45, 2.75) is 20.4 Å². The first kappa shape index (κ1) is 14.0. The van der Waals surface area contributed by atoms with Crippen LogP contribution in [0, 0.1) is 29.8 Å². The van der Waals surface area contributed by atoms with Gasteiger partial charge in [-0.25, -0.2) is 4.39 Å². The molecule has 20 heavy (non-hydrogen) atoms. The Morgan fingerprint density at radius 1 is 1.20 bits per heavy atom. The van der Waals surface area contributed by atoms with Gasteiger partial charge in [-0.15, -0.1) is 0 Å². The second-order valence-corrected chi connectivity index (χ2v) is 4.65. The van der Waals surface area contributed by atoms with Gasteiger partial charge in [0.2, 0.25) is 0 Å². The molecule has 0 fully saturated rings. The van der Waals surface area contributed by atoms with Crippen LogP contribution in [0.25, 0.3) is 0 Å². The van der Waals surface area contributed by atoms with Crippen LogP contribution in [-0.4, -0.2) is 4.92 Å². The van der Waals surface area contributed by atoms with Gasteiger partial charge < -0.3 is 5.32 Å². The number of non-ortho nitro benzene ring substituents is 1. The largest absolute Gasteiger partial charge is 0.378 e. The normalized spacial score (nSPS) is 10.3. The van der Waals surface area contributed by atoms with Crippen molar-refractivity contribution in [3.05, 3.63) is 69.0 Å². The zero-order valence-corrected chi connectivity index (χ0v) is 11.3. The lowest BCUT2D eigenvalue weighted by atomic mass is 10.0. The first-order valence-electron chi connectivity index (χ1n) is 6.22. The first-order valence-corrected chi connectivity index (χ1v) is 6.22. The fourth-order valence-corrected chi connectivity index (χ4v) is 2.07. The fourth-order valence-electron chi connectivity index (χ4n) is 2.07. The van der Waals surface area contributed by atoms with Crippen LogP contribution < -0.4 is 5.32 Å². The molecule has 0 aliphatic heterocycles. The number of nitro groups is 1. The monoisotopic (exact) mass is 274 g/mol. The van der Waals surface area contributed by atoms with E-state index in [1.165, 1.54) is 6.07 Å². The van der Waals surface area contributed by atoms with Crippen LogP contribution in [0.1, 0.15) is 16.7 Å². The summed E-state index contributed by atoms with van der Waals surface area (Å²) in [6, 6.07) is 9.39. The summed E-state index contributed by atoms with van der Waals surface area (Å²) >= 11 is 0. The van der Waals surface area contributed by atoms with E-state index < -0.39 is 10.7 Å². The Hall–Kier alpha value is -2.43. The zero-order valence-electron chi connectivity index (χ0n) is 11.3. The first-order chi connectivity index (χ1) is 9.49. The molecule has 5 heteroatoms. The molecule has 2 aromatic rings. The van der Waals surface area contributed by atoms with Gasteiger partial charge in [-0.3, -0.25) is 10.1 Å². The van der Waals surface area contributed by atoms with Gasteiger partial charge >= 0.3 is 0 Å². The number of nitro benzene ring substituents is 1. The maximum Gasteiger partial charge on any atom is 0.271 e. The van der Waals surface area contributed by atoms with Crippen LogP contribution >= 0.6 is 0 Å². The SMILES string of the molecule is Cc1cccc(C)c1CNc1cc([N+](=O)[O-])ccc1F. The van der Waals surface area contributed by atoms with Crippen LogP contribution in [0.4, 0.5) is 15.8 Å². The molecule has 104 valence electrons. The third-order valence-electron chi connectivity index (χ3n) is 3.26. The van der Waals surface area contributed by atoms with Gasteiger partial charge in [0.05, 0.1) is 10.6 Å². The Balaban J connectivity index is 2.23. The summed E-state index contributed by atoms with van der Waals surface area (Å²) < 4.78 is 13.7. The van der Waals surface area contributed by atoms with Crippen molar-refractivity contribution in [1.82, 2.24) is 0 Å². The van der Waals surface area contributed by atoms with Crippen LogP contribution in [-0.2, 0) is 6.54 Å². The van der Waals surface area contributed by atoms with Crippen LogP contribution in [0.5, 0.6) is 0 Å². The topological polar surface area (TPSA) is 55.2 Å². The van der Waals surface area contributed by atoms with Crippen molar-refractivity contribution >= 4 is 11.4 Å². The minimum absolute atomic E-state index is 0.129. The molecule has 0 aromatic heterocycles. The highest BCUT2D eigenvalue weighted by Crippen LogP contribution is 2.23. The van der Waals surface area contributed by atoms with E-state index in [1.807, 2.05) is 32.0 Å². The molecular formula is C15H15FN2O2. The molecule has 0 saturated heterocycles. The van der Waals surface area contributed by atoms with Gasteiger partial charge in [0.1, 0.15) is 5.82 Å². The van der Waals surface area contributed by atoms with E-state index in [4.69, 9.17) is 0 Å². The molecule has 2 rings (SSSR count). The smallest absolute Gasteiger partial charge is 0.271 e. The van der Waals surface area contributed by atoms with Crippen molar-refractivity contribution < 1.29 is 9.31 Å². The maximum atomic E-state index is 13.7. The minimum atomic E-state index is -0.538. The second-order valence-electron chi connectivity index (χ2n) is 4.65. The lowest BCUT2D eigenvalue weighted by Gasteiger charge is -2.12. The molecule has 0 saturated carbocycles. The number of rotatable bonds is 4. The average Bonchev–Trinajstić information content (AvgIpc) is 2.39. The van der Waals surface area contributed by atoms with Crippen molar-refractivity contribution in [2.24, 2.45) is 0 Å². The van der Waals surface area contributed by atoms with E-state index in [-0.39, 0.29) is 11.4 Å². The number of anilines is 1. The maximum absolute atomic E-state index is 13.7. The van der Waals surface area contributed by atoms with E-state index in [0.29, 0.717) is 6.54 Å². The van der Waals surface area contributed by atoms with E-state index >= 15 is 0 Å². The lowest BCUT2D eigenvalue weighted by molar-refractivity contribution is -0.384. The number of nitrogens with one attached hydrogen (secondary N) is 1. The quantitative estimate of drug-likeness (QED) is 0.678. The van der Waals surface area contributed by atoms with Crippen LogP contribution in [0.15, 0.2) is 36.4 Å². The summed E-state index contributed by atoms with van der Waals surface area (Å²) in [5.74, 6) is -0.498. The third kappa shape index (κ3) is 2.93. The molecule has 0 atom stereocenters. The lowest BCUT2D eigenvalue weighted by Crippen LogP contribution is -2.05. The van der Waals surface area contributed by atoms with Gasteiger partial charge in [-0.2, -0.15) is 0 Å². The van der Waals surface area contributed by atoms with Gasteiger partial charge in [-0.1, -0.05) is 18.2 Å². The molecule has 0 amide bonds. The number of benzene rings is 2. The summed E-state index contributed by atoms with van der Waals surface area (Å²) in [6.07, 6.45) is 0. The standard InChI is InChI=1S/C15H15FN2O2/c1-10-4-3-5-11(2)13(10)9-17-15-8-12(18(19)20)6-7-14(15)16/h3-8,17H,9H2,1-2H3. The van der Waals surface area contributed by atoms with E-state index in [0.717, 1.165) is 28.8 Å². The summed E-state index contributed by atoms with van der Waals surface area (Å²) in [7, 11) is 0. The number of hydrogen-bond donors (Lipinski definition) is 1. The number of aryl methyl sites for hydroxylation is 2. The number of halogens is 1. The van der Waals surface area contributed by atoms with E-state index in [9.17, 15) is 14.5 Å². The third-order valence-corrected chi connectivity index (χ3v) is 3.26. The highest BCUT2D eigenvalue weighted by Gasteiger charge is 2.11. The predicted molar refractivity (Wildman–Crippen MR) is 76.3 cm³/mol. The van der Waals surface area contributed by atoms with Crippen LogP contribution in [0.3, 0.4) is 0 Å². The van der Waals surface area contributed by atoms with Crippen molar-refractivity contribution in [3.63, 3.8) is 0 Å². The van der Waals surface area contributed by atoms with E-state index in [1.54, 1.807) is 0 Å². The Morgan fingerprint density at radius 3 is 2.45 bits per heavy atom. The number of hydrogen-bond acceptors (Lipinski definition) is 3. The molecule has 0 aliphatic carbocycles. The molecule has 1 N–H and O–H groups in total. The molecule has 0 radical (unpaired) electrons. The van der Waals surface area contributed by atoms with Crippen molar-refractivity contribution in [2.75, 3.05) is 5.32 Å². The second kappa shape index (κ2) is 5.69. The minimum Gasteiger partial charge on any atom is -0.378 e. The molecule has 0 heterocycles. The van der Waals surface area contributed by atoms with Gasteiger partial charge in [0, 0.05) is 18.7 Å². The highest BCUT2D eigenvalue weighted by atomic mass is 19.1. The van der Waals surface area contributed by atoms with Gasteiger partial charge in [0.15, 0.2) is 0 Å². The number of nitrogens with zero attached hydrogens (tertiary/aromatic N) is 1. The van der Waals surface area contributed by atoms with Crippen molar-refractivity contribution in [1.29, 1.82) is 0 Å². The fraction of sp³-hybridized carbons (Fsp3) is 0.200. The molecule has 0 bridgehead atoms. The van der Waals surface area contributed by atoms with Gasteiger partial charge in [-0.05, 0) is 36.6 Å². The molecule has 4 nitrogen and oxygen atoms in total. The Bertz CT molecular complexity index is 636. The van der Waals surface area contributed by atoms with E-state index in [2.05, 4.69) is 5.32 Å². The molecule has 2 aromatic carbocycles. The average molecular weight is 274 g/mol. The molecule has 0 aliphatic rings. The Morgan fingerprint density at radius 2 is 1.85 bits per heavy atom.